The summed E-state index contributed by atoms with van der Waals surface area (Å²) in [5.74, 6) is -0.289. The average molecular weight is 521 g/mol. The molecule has 5 nitrogen and oxygen atoms in total. The SMILES string of the molecule is CCOC(=O)C[C@@H](NS(=O)C(C)(C)C)[C@H](Cc1ccccc1)N(Cc1ccccc1)Cc1ccccc1. The third-order valence-electron chi connectivity index (χ3n) is 6.18. The van der Waals surface area contributed by atoms with E-state index in [2.05, 4.69) is 46.0 Å². The molecule has 3 aromatic rings. The largest absolute Gasteiger partial charge is 0.466 e. The van der Waals surface area contributed by atoms with Gasteiger partial charge in [0.25, 0.3) is 0 Å². The second-order valence-corrected chi connectivity index (χ2v) is 12.2. The minimum Gasteiger partial charge on any atom is -0.466 e. The van der Waals surface area contributed by atoms with Crippen LogP contribution in [0.15, 0.2) is 91.0 Å². The van der Waals surface area contributed by atoms with Gasteiger partial charge >= 0.3 is 5.97 Å². The van der Waals surface area contributed by atoms with Crippen LogP contribution in [0.1, 0.15) is 50.8 Å². The van der Waals surface area contributed by atoms with Crippen LogP contribution >= 0.6 is 0 Å². The van der Waals surface area contributed by atoms with Crippen molar-refractivity contribution in [1.29, 1.82) is 0 Å². The Morgan fingerprint density at radius 3 is 1.73 bits per heavy atom. The average Bonchev–Trinajstić information content (AvgIpc) is 2.88. The predicted molar refractivity (Wildman–Crippen MR) is 152 cm³/mol. The summed E-state index contributed by atoms with van der Waals surface area (Å²) >= 11 is 0. The first-order valence-electron chi connectivity index (χ1n) is 13.0. The summed E-state index contributed by atoms with van der Waals surface area (Å²) < 4.78 is 21.6. The number of carbonyl (C=O) groups excluding carboxylic acids is 1. The minimum atomic E-state index is -1.36. The first-order valence-corrected chi connectivity index (χ1v) is 14.1. The molecule has 0 bridgehead atoms. The Morgan fingerprint density at radius 2 is 1.30 bits per heavy atom. The molecule has 0 fully saturated rings. The van der Waals surface area contributed by atoms with Crippen molar-refractivity contribution in [3.63, 3.8) is 0 Å². The zero-order valence-electron chi connectivity index (χ0n) is 22.4. The topological polar surface area (TPSA) is 58.6 Å². The maximum Gasteiger partial charge on any atom is 0.307 e. The Kier molecular flexibility index (Phi) is 11.1. The smallest absolute Gasteiger partial charge is 0.307 e. The summed E-state index contributed by atoms with van der Waals surface area (Å²) in [6.07, 6.45) is 0.826. The molecule has 0 saturated heterocycles. The van der Waals surface area contributed by atoms with E-state index in [1.165, 1.54) is 11.1 Å². The van der Waals surface area contributed by atoms with E-state index in [4.69, 9.17) is 4.74 Å². The fourth-order valence-electron chi connectivity index (χ4n) is 4.28. The summed E-state index contributed by atoms with van der Waals surface area (Å²) in [7, 11) is -1.36. The fraction of sp³-hybridized carbons (Fsp3) is 0.387. The van der Waals surface area contributed by atoms with E-state index >= 15 is 0 Å². The lowest BCUT2D eigenvalue weighted by Gasteiger charge is -2.38. The van der Waals surface area contributed by atoms with Gasteiger partial charge in [-0.15, -0.1) is 0 Å². The molecule has 37 heavy (non-hydrogen) atoms. The number of carbonyl (C=O) groups is 1. The monoisotopic (exact) mass is 520 g/mol. The Hall–Kier alpha value is -2.80. The third-order valence-corrected chi connectivity index (χ3v) is 7.81. The van der Waals surface area contributed by atoms with Crippen molar-refractivity contribution in [3.8, 4) is 0 Å². The Morgan fingerprint density at radius 1 is 0.838 bits per heavy atom. The highest BCUT2D eigenvalue weighted by Crippen LogP contribution is 2.23. The van der Waals surface area contributed by atoms with Gasteiger partial charge in [-0.2, -0.15) is 0 Å². The molecule has 0 saturated carbocycles. The second kappa shape index (κ2) is 14.2. The zero-order valence-corrected chi connectivity index (χ0v) is 23.2. The van der Waals surface area contributed by atoms with Crippen LogP contribution in [0.5, 0.6) is 0 Å². The molecule has 0 aromatic heterocycles. The molecule has 1 N–H and O–H groups in total. The van der Waals surface area contributed by atoms with Crippen LogP contribution in [0.2, 0.25) is 0 Å². The van der Waals surface area contributed by atoms with Crippen LogP contribution in [0.25, 0.3) is 0 Å². The summed E-state index contributed by atoms with van der Waals surface area (Å²) in [5, 5.41) is 0. The van der Waals surface area contributed by atoms with Gasteiger partial charge in [0.15, 0.2) is 0 Å². The molecular weight excluding hydrogens is 480 g/mol. The van der Waals surface area contributed by atoms with Crippen molar-refractivity contribution in [2.75, 3.05) is 6.61 Å². The van der Waals surface area contributed by atoms with Crippen LogP contribution in [-0.4, -0.2) is 38.5 Å². The molecule has 0 heterocycles. The number of ether oxygens (including phenoxy) is 1. The highest BCUT2D eigenvalue weighted by Gasteiger charge is 2.34. The van der Waals surface area contributed by atoms with Gasteiger partial charge in [-0.25, -0.2) is 8.93 Å². The predicted octanol–water partition coefficient (Wildman–Crippen LogP) is 5.67. The Balaban J connectivity index is 2.05. The molecule has 3 rings (SSSR count). The Labute approximate surface area is 224 Å². The van der Waals surface area contributed by atoms with Crippen LogP contribution in [-0.2, 0) is 40.0 Å². The van der Waals surface area contributed by atoms with E-state index in [9.17, 15) is 9.00 Å². The van der Waals surface area contributed by atoms with Crippen LogP contribution in [0, 0.1) is 0 Å². The molecular formula is C31H40N2O3S. The maximum atomic E-state index is 13.3. The van der Waals surface area contributed by atoms with E-state index in [1.807, 2.05) is 82.3 Å². The van der Waals surface area contributed by atoms with Gasteiger partial charge in [0.05, 0.1) is 28.8 Å². The van der Waals surface area contributed by atoms with Gasteiger partial charge in [-0.1, -0.05) is 91.0 Å². The molecule has 0 radical (unpaired) electrons. The summed E-state index contributed by atoms with van der Waals surface area (Å²) in [6, 6.07) is 30.5. The first-order chi connectivity index (χ1) is 17.8. The standard InChI is InChI=1S/C31H40N2O3S/c1-5-36-30(34)22-28(32-37(35)31(2,3)4)29(21-25-15-9-6-10-16-25)33(23-26-17-11-7-12-18-26)24-27-19-13-8-14-20-27/h6-20,28-29,32H,5,21-24H2,1-4H3/t28-,29+,37?/m1/s1. The van der Waals surface area contributed by atoms with Gasteiger partial charge in [0, 0.05) is 25.2 Å². The van der Waals surface area contributed by atoms with Gasteiger partial charge in [0.1, 0.15) is 0 Å². The van der Waals surface area contributed by atoms with Crippen LogP contribution < -0.4 is 4.72 Å². The third kappa shape index (κ3) is 9.54. The van der Waals surface area contributed by atoms with Crippen molar-refractivity contribution in [2.45, 2.75) is 70.5 Å². The van der Waals surface area contributed by atoms with Gasteiger partial charge < -0.3 is 4.74 Å². The summed E-state index contributed by atoms with van der Waals surface area (Å²) in [5.41, 5.74) is 3.53. The molecule has 0 spiro atoms. The quantitative estimate of drug-likeness (QED) is 0.295. The molecule has 0 aliphatic carbocycles. The van der Waals surface area contributed by atoms with Crippen molar-refractivity contribution >= 4 is 17.0 Å². The van der Waals surface area contributed by atoms with Crippen LogP contribution in [0.3, 0.4) is 0 Å². The lowest BCUT2D eigenvalue weighted by Crippen LogP contribution is -2.54. The minimum absolute atomic E-state index is 0.126. The van der Waals surface area contributed by atoms with E-state index in [-0.39, 0.29) is 24.5 Å². The molecule has 1 unspecified atom stereocenters. The molecule has 0 aliphatic heterocycles. The maximum absolute atomic E-state index is 13.3. The number of hydrogen-bond donors (Lipinski definition) is 1. The molecule has 6 heteroatoms. The zero-order chi connectivity index (χ0) is 26.7. The van der Waals surface area contributed by atoms with E-state index in [0.29, 0.717) is 26.1 Å². The number of rotatable bonds is 13. The molecule has 0 amide bonds. The molecule has 0 aliphatic rings. The summed E-state index contributed by atoms with van der Waals surface area (Å²) in [4.78, 5) is 15.2. The van der Waals surface area contributed by atoms with E-state index in [0.717, 1.165) is 5.56 Å². The van der Waals surface area contributed by atoms with Crippen molar-refractivity contribution in [2.24, 2.45) is 0 Å². The van der Waals surface area contributed by atoms with Gasteiger partial charge in [-0.3, -0.25) is 9.69 Å². The number of hydrogen-bond acceptors (Lipinski definition) is 4. The normalized spacial score (nSPS) is 14.2. The first kappa shape index (κ1) is 28.8. The van der Waals surface area contributed by atoms with E-state index in [1.54, 1.807) is 0 Å². The number of esters is 1. The summed E-state index contributed by atoms with van der Waals surface area (Å²) in [6.45, 7) is 9.33. The van der Waals surface area contributed by atoms with Crippen molar-refractivity contribution in [3.05, 3.63) is 108 Å². The second-order valence-electron chi connectivity index (χ2n) is 10.2. The van der Waals surface area contributed by atoms with Crippen LogP contribution in [0.4, 0.5) is 0 Å². The number of nitrogens with zero attached hydrogens (tertiary/aromatic N) is 1. The molecule has 3 aromatic carbocycles. The van der Waals surface area contributed by atoms with E-state index < -0.39 is 15.7 Å². The van der Waals surface area contributed by atoms with Crippen molar-refractivity contribution < 1.29 is 13.7 Å². The lowest BCUT2D eigenvalue weighted by molar-refractivity contribution is -0.144. The number of benzene rings is 3. The fourth-order valence-corrected chi connectivity index (χ4v) is 5.15. The highest BCUT2D eigenvalue weighted by atomic mass is 32.2. The van der Waals surface area contributed by atoms with Gasteiger partial charge in [-0.05, 0) is 50.8 Å². The molecule has 198 valence electrons. The lowest BCUT2D eigenvalue weighted by atomic mass is 9.95. The van der Waals surface area contributed by atoms with Crippen molar-refractivity contribution in [1.82, 2.24) is 9.62 Å². The van der Waals surface area contributed by atoms with Gasteiger partial charge in [0.2, 0.25) is 0 Å². The highest BCUT2D eigenvalue weighted by molar-refractivity contribution is 7.84. The molecule has 3 atom stereocenters. The number of nitrogens with one attached hydrogen (secondary N) is 1. The Bertz CT molecular complexity index is 1060.